The maximum absolute atomic E-state index is 12.1. The van der Waals surface area contributed by atoms with Crippen LogP contribution in [0.3, 0.4) is 0 Å². The molecular formula is C17H20N4O3S. The molecule has 1 aromatic heterocycles. The minimum Gasteiger partial charge on any atom is -0.347 e. The molecule has 0 saturated heterocycles. The Bertz CT molecular complexity index is 756. The lowest BCUT2D eigenvalue weighted by Crippen LogP contribution is -2.23. The van der Waals surface area contributed by atoms with Crippen molar-refractivity contribution >= 4 is 39.9 Å². The summed E-state index contributed by atoms with van der Waals surface area (Å²) < 4.78 is 0. The second-order valence-corrected chi connectivity index (χ2v) is 6.25. The van der Waals surface area contributed by atoms with E-state index >= 15 is 0 Å². The summed E-state index contributed by atoms with van der Waals surface area (Å²) in [7, 11) is 0. The summed E-state index contributed by atoms with van der Waals surface area (Å²) in [5, 5.41) is 10.1. The van der Waals surface area contributed by atoms with Crippen molar-refractivity contribution < 1.29 is 14.4 Å². The number of rotatable bonds is 7. The molecule has 0 spiro atoms. The van der Waals surface area contributed by atoms with Crippen LogP contribution in [0.1, 0.15) is 42.7 Å². The molecular weight excluding hydrogens is 340 g/mol. The molecule has 2 rings (SSSR count). The number of thiazole rings is 1. The van der Waals surface area contributed by atoms with E-state index in [-0.39, 0.29) is 23.4 Å². The van der Waals surface area contributed by atoms with Crippen LogP contribution in [0.5, 0.6) is 0 Å². The summed E-state index contributed by atoms with van der Waals surface area (Å²) >= 11 is 1.20. The number of hydrogen-bond acceptors (Lipinski definition) is 5. The van der Waals surface area contributed by atoms with Crippen molar-refractivity contribution in [2.75, 3.05) is 10.6 Å². The van der Waals surface area contributed by atoms with Gasteiger partial charge in [0.05, 0.1) is 0 Å². The minimum atomic E-state index is -0.312. The summed E-state index contributed by atoms with van der Waals surface area (Å²) in [6.07, 6.45) is 1.29. The van der Waals surface area contributed by atoms with Crippen LogP contribution >= 0.6 is 11.3 Å². The van der Waals surface area contributed by atoms with E-state index in [2.05, 4.69) is 20.9 Å². The lowest BCUT2D eigenvalue weighted by Gasteiger charge is -2.07. The fourth-order valence-corrected chi connectivity index (χ4v) is 2.75. The smallest absolute Gasteiger partial charge is 0.271 e. The van der Waals surface area contributed by atoms with Gasteiger partial charge in [-0.3, -0.25) is 14.4 Å². The van der Waals surface area contributed by atoms with Crippen molar-refractivity contribution in [2.45, 2.75) is 33.2 Å². The third kappa shape index (κ3) is 6.00. The average Bonchev–Trinajstić information content (AvgIpc) is 3.02. The Hall–Kier alpha value is -2.74. The van der Waals surface area contributed by atoms with E-state index < -0.39 is 0 Å². The van der Waals surface area contributed by atoms with Crippen molar-refractivity contribution in [2.24, 2.45) is 0 Å². The topological polar surface area (TPSA) is 100 Å². The molecule has 0 radical (unpaired) electrons. The van der Waals surface area contributed by atoms with E-state index in [1.165, 1.54) is 18.3 Å². The molecule has 1 aromatic carbocycles. The minimum absolute atomic E-state index is 0.0120. The van der Waals surface area contributed by atoms with Gasteiger partial charge in [-0.05, 0) is 24.1 Å². The lowest BCUT2D eigenvalue weighted by molar-refractivity contribution is -0.116. The fraction of sp³-hybridized carbons (Fsp3) is 0.294. The zero-order chi connectivity index (χ0) is 18.2. The van der Waals surface area contributed by atoms with E-state index in [1.54, 1.807) is 17.5 Å². The Kier molecular flexibility index (Phi) is 6.64. The first-order chi connectivity index (χ1) is 12.0. The Morgan fingerprint density at radius 3 is 2.48 bits per heavy atom. The molecule has 7 nitrogen and oxygen atoms in total. The molecule has 1 heterocycles. The van der Waals surface area contributed by atoms with Crippen LogP contribution in [0.25, 0.3) is 0 Å². The molecule has 132 valence electrons. The molecule has 0 atom stereocenters. The second-order valence-electron chi connectivity index (χ2n) is 5.40. The highest BCUT2D eigenvalue weighted by atomic mass is 32.1. The van der Waals surface area contributed by atoms with Gasteiger partial charge in [-0.25, -0.2) is 4.98 Å². The van der Waals surface area contributed by atoms with Gasteiger partial charge >= 0.3 is 0 Å². The number of carbonyl (C=O) groups is 3. The molecule has 0 fully saturated rings. The van der Waals surface area contributed by atoms with Crippen molar-refractivity contribution in [3.05, 3.63) is 40.9 Å². The summed E-state index contributed by atoms with van der Waals surface area (Å²) in [5.41, 5.74) is 1.89. The Balaban J connectivity index is 1.86. The van der Waals surface area contributed by atoms with Gasteiger partial charge in [0.15, 0.2) is 5.13 Å². The number of anilines is 2. The Labute approximate surface area is 149 Å². The third-order valence-corrected chi connectivity index (χ3v) is 3.95. The fourth-order valence-electron chi connectivity index (χ4n) is 2.02. The van der Waals surface area contributed by atoms with Crippen LogP contribution in [0.15, 0.2) is 29.6 Å². The van der Waals surface area contributed by atoms with Gasteiger partial charge in [0, 0.05) is 31.0 Å². The van der Waals surface area contributed by atoms with Crippen molar-refractivity contribution in [3.8, 4) is 0 Å². The van der Waals surface area contributed by atoms with E-state index in [4.69, 9.17) is 0 Å². The molecule has 25 heavy (non-hydrogen) atoms. The van der Waals surface area contributed by atoms with Crippen molar-refractivity contribution in [1.29, 1.82) is 0 Å². The SMILES string of the molecule is CCCC(=O)Nc1ccc(CNC(=O)c2csc(NC(C)=O)n2)cc1. The predicted octanol–water partition coefficient (Wildman–Crippen LogP) is 2.77. The highest BCUT2D eigenvalue weighted by Gasteiger charge is 2.11. The first-order valence-corrected chi connectivity index (χ1v) is 8.76. The number of amides is 3. The molecule has 0 saturated carbocycles. The number of hydrogen-bond donors (Lipinski definition) is 3. The van der Waals surface area contributed by atoms with Gasteiger partial charge in [-0.15, -0.1) is 11.3 Å². The monoisotopic (exact) mass is 360 g/mol. The van der Waals surface area contributed by atoms with E-state index in [9.17, 15) is 14.4 Å². The molecule has 8 heteroatoms. The highest BCUT2D eigenvalue weighted by Crippen LogP contribution is 2.15. The maximum Gasteiger partial charge on any atom is 0.271 e. The molecule has 2 aromatic rings. The van der Waals surface area contributed by atoms with Crippen LogP contribution in [-0.2, 0) is 16.1 Å². The Morgan fingerprint density at radius 1 is 1.12 bits per heavy atom. The quantitative estimate of drug-likeness (QED) is 0.707. The standard InChI is InChI=1S/C17H20N4O3S/c1-3-4-15(23)20-13-7-5-12(6-8-13)9-18-16(24)14-10-25-17(21-14)19-11(2)22/h5-8,10H,3-4,9H2,1-2H3,(H,18,24)(H,20,23)(H,19,21,22). The number of benzene rings is 1. The van der Waals surface area contributed by atoms with Gasteiger partial charge in [-0.1, -0.05) is 19.1 Å². The van der Waals surface area contributed by atoms with Crippen LogP contribution < -0.4 is 16.0 Å². The third-order valence-electron chi connectivity index (χ3n) is 3.19. The molecule has 0 bridgehead atoms. The van der Waals surface area contributed by atoms with Crippen molar-refractivity contribution in [1.82, 2.24) is 10.3 Å². The van der Waals surface area contributed by atoms with Gasteiger partial charge < -0.3 is 16.0 Å². The van der Waals surface area contributed by atoms with Gasteiger partial charge in [0.1, 0.15) is 5.69 Å². The molecule has 3 N–H and O–H groups in total. The molecule has 0 aliphatic heterocycles. The van der Waals surface area contributed by atoms with Crippen molar-refractivity contribution in [3.63, 3.8) is 0 Å². The van der Waals surface area contributed by atoms with Gasteiger partial charge in [-0.2, -0.15) is 0 Å². The molecule has 0 aliphatic carbocycles. The summed E-state index contributed by atoms with van der Waals surface area (Å²) in [4.78, 5) is 38.6. The van der Waals surface area contributed by atoms with E-state index in [1.807, 2.05) is 19.1 Å². The highest BCUT2D eigenvalue weighted by molar-refractivity contribution is 7.14. The number of nitrogens with one attached hydrogen (secondary N) is 3. The first-order valence-electron chi connectivity index (χ1n) is 7.88. The van der Waals surface area contributed by atoms with Crippen LogP contribution in [0.4, 0.5) is 10.8 Å². The van der Waals surface area contributed by atoms with Crippen LogP contribution in [0, 0.1) is 0 Å². The van der Waals surface area contributed by atoms with Gasteiger partial charge in [0.2, 0.25) is 11.8 Å². The molecule has 3 amide bonds. The zero-order valence-electron chi connectivity index (χ0n) is 14.1. The summed E-state index contributed by atoms with van der Waals surface area (Å²) in [6, 6.07) is 7.27. The lowest BCUT2D eigenvalue weighted by atomic mass is 10.2. The first kappa shape index (κ1) is 18.6. The predicted molar refractivity (Wildman–Crippen MR) is 97.6 cm³/mol. The van der Waals surface area contributed by atoms with Gasteiger partial charge in [0.25, 0.3) is 5.91 Å². The Morgan fingerprint density at radius 2 is 1.84 bits per heavy atom. The summed E-state index contributed by atoms with van der Waals surface area (Å²) in [5.74, 6) is -0.553. The zero-order valence-corrected chi connectivity index (χ0v) is 14.9. The van der Waals surface area contributed by atoms with Crippen LogP contribution in [-0.4, -0.2) is 22.7 Å². The summed E-state index contributed by atoms with van der Waals surface area (Å²) in [6.45, 7) is 3.68. The average molecular weight is 360 g/mol. The van der Waals surface area contributed by atoms with E-state index in [0.717, 1.165) is 17.7 Å². The van der Waals surface area contributed by atoms with E-state index in [0.29, 0.717) is 18.1 Å². The van der Waals surface area contributed by atoms with Crippen LogP contribution in [0.2, 0.25) is 0 Å². The maximum atomic E-state index is 12.1. The largest absolute Gasteiger partial charge is 0.347 e. The number of aromatic nitrogens is 1. The molecule has 0 aliphatic rings. The second kappa shape index (κ2) is 8.93. The number of nitrogens with zero attached hydrogens (tertiary/aromatic N) is 1. The molecule has 0 unspecified atom stereocenters. The number of carbonyl (C=O) groups excluding carboxylic acids is 3. The normalized spacial score (nSPS) is 10.2.